The standard InChI is InChI=1S/C11H18O3/c1-8(11(13)14-2)7-9-5-3-4-6-10(9)12/h8-9H,3-7H2,1-2H3/t8-,9-/m0/s1. The third-order valence-electron chi connectivity index (χ3n) is 2.92. The lowest BCUT2D eigenvalue weighted by Crippen LogP contribution is -2.24. The topological polar surface area (TPSA) is 43.4 Å². The van der Waals surface area contributed by atoms with Gasteiger partial charge in [0.2, 0.25) is 0 Å². The molecular formula is C11H18O3. The van der Waals surface area contributed by atoms with E-state index in [4.69, 9.17) is 0 Å². The molecule has 0 unspecified atom stereocenters. The number of rotatable bonds is 3. The van der Waals surface area contributed by atoms with E-state index in [0.717, 1.165) is 19.3 Å². The van der Waals surface area contributed by atoms with Crippen molar-refractivity contribution in [1.82, 2.24) is 0 Å². The highest BCUT2D eigenvalue weighted by molar-refractivity contribution is 5.82. The molecule has 0 amide bonds. The van der Waals surface area contributed by atoms with E-state index in [1.807, 2.05) is 6.92 Å². The van der Waals surface area contributed by atoms with E-state index in [-0.39, 0.29) is 17.8 Å². The van der Waals surface area contributed by atoms with Crippen LogP contribution < -0.4 is 0 Å². The van der Waals surface area contributed by atoms with E-state index >= 15 is 0 Å². The Morgan fingerprint density at radius 2 is 2.29 bits per heavy atom. The minimum absolute atomic E-state index is 0.0952. The largest absolute Gasteiger partial charge is 0.469 e. The van der Waals surface area contributed by atoms with Crippen LogP contribution in [0.2, 0.25) is 0 Å². The van der Waals surface area contributed by atoms with Crippen LogP contribution >= 0.6 is 0 Å². The van der Waals surface area contributed by atoms with Crippen LogP contribution in [0.3, 0.4) is 0 Å². The molecule has 2 atom stereocenters. The van der Waals surface area contributed by atoms with Crippen LogP contribution in [0.4, 0.5) is 0 Å². The van der Waals surface area contributed by atoms with Gasteiger partial charge in [-0.05, 0) is 19.3 Å². The van der Waals surface area contributed by atoms with E-state index in [1.165, 1.54) is 7.11 Å². The van der Waals surface area contributed by atoms with Crippen molar-refractivity contribution in [2.75, 3.05) is 7.11 Å². The second-order valence-electron chi connectivity index (χ2n) is 4.07. The highest BCUT2D eigenvalue weighted by Gasteiger charge is 2.26. The fourth-order valence-corrected chi connectivity index (χ4v) is 2.03. The highest BCUT2D eigenvalue weighted by atomic mass is 16.5. The number of carbonyl (C=O) groups is 2. The third kappa shape index (κ3) is 2.82. The zero-order valence-corrected chi connectivity index (χ0v) is 8.91. The van der Waals surface area contributed by atoms with E-state index in [2.05, 4.69) is 4.74 Å². The minimum atomic E-state index is -0.205. The fraction of sp³-hybridized carbons (Fsp3) is 0.818. The Hall–Kier alpha value is -0.860. The number of esters is 1. The Morgan fingerprint density at radius 3 is 2.86 bits per heavy atom. The lowest BCUT2D eigenvalue weighted by molar-refractivity contribution is -0.145. The van der Waals surface area contributed by atoms with E-state index in [0.29, 0.717) is 18.6 Å². The summed E-state index contributed by atoms with van der Waals surface area (Å²) in [6, 6.07) is 0. The minimum Gasteiger partial charge on any atom is -0.469 e. The van der Waals surface area contributed by atoms with Gasteiger partial charge in [-0.2, -0.15) is 0 Å². The molecule has 0 radical (unpaired) electrons. The molecule has 1 rings (SSSR count). The number of ether oxygens (including phenoxy) is 1. The summed E-state index contributed by atoms with van der Waals surface area (Å²) in [4.78, 5) is 22.6. The Labute approximate surface area is 84.8 Å². The first-order valence-electron chi connectivity index (χ1n) is 5.25. The van der Waals surface area contributed by atoms with Gasteiger partial charge in [-0.1, -0.05) is 13.3 Å². The van der Waals surface area contributed by atoms with Crippen LogP contribution in [0.15, 0.2) is 0 Å². The van der Waals surface area contributed by atoms with Gasteiger partial charge in [-0.3, -0.25) is 9.59 Å². The van der Waals surface area contributed by atoms with Gasteiger partial charge < -0.3 is 4.74 Å². The van der Waals surface area contributed by atoms with E-state index in [1.54, 1.807) is 0 Å². The second kappa shape index (κ2) is 5.13. The van der Waals surface area contributed by atoms with Crippen molar-refractivity contribution >= 4 is 11.8 Å². The molecule has 1 aliphatic carbocycles. The monoisotopic (exact) mass is 198 g/mol. The number of Topliss-reactive ketones (excluding diaryl/α,β-unsaturated/α-hetero) is 1. The van der Waals surface area contributed by atoms with Crippen LogP contribution in [-0.4, -0.2) is 18.9 Å². The van der Waals surface area contributed by atoms with Crippen molar-refractivity contribution in [3.8, 4) is 0 Å². The van der Waals surface area contributed by atoms with Gasteiger partial charge in [0.05, 0.1) is 13.0 Å². The van der Waals surface area contributed by atoms with Crippen LogP contribution in [0.25, 0.3) is 0 Å². The zero-order valence-electron chi connectivity index (χ0n) is 8.91. The summed E-state index contributed by atoms with van der Waals surface area (Å²) < 4.78 is 4.64. The average Bonchev–Trinajstić information content (AvgIpc) is 2.20. The Kier molecular flexibility index (Phi) is 4.11. The smallest absolute Gasteiger partial charge is 0.308 e. The fourth-order valence-electron chi connectivity index (χ4n) is 2.03. The molecule has 80 valence electrons. The first-order chi connectivity index (χ1) is 6.65. The van der Waals surface area contributed by atoms with Crippen LogP contribution in [0.1, 0.15) is 39.0 Å². The van der Waals surface area contributed by atoms with Gasteiger partial charge in [0.15, 0.2) is 0 Å². The number of hydrogen-bond donors (Lipinski definition) is 0. The summed E-state index contributed by atoms with van der Waals surface area (Å²) in [5, 5.41) is 0. The summed E-state index contributed by atoms with van der Waals surface area (Å²) >= 11 is 0. The van der Waals surface area contributed by atoms with Gasteiger partial charge in [0, 0.05) is 12.3 Å². The molecule has 1 saturated carbocycles. The number of hydrogen-bond acceptors (Lipinski definition) is 3. The molecule has 0 saturated heterocycles. The lowest BCUT2D eigenvalue weighted by Gasteiger charge is -2.22. The van der Waals surface area contributed by atoms with Crippen molar-refractivity contribution in [2.45, 2.75) is 39.0 Å². The molecule has 1 aliphatic rings. The molecule has 0 aromatic carbocycles. The first-order valence-corrected chi connectivity index (χ1v) is 5.25. The molecule has 0 aromatic rings. The maximum atomic E-state index is 11.5. The lowest BCUT2D eigenvalue weighted by atomic mass is 9.82. The summed E-state index contributed by atoms with van der Waals surface area (Å²) in [6.07, 6.45) is 4.43. The first kappa shape index (κ1) is 11.2. The van der Waals surface area contributed by atoms with Crippen molar-refractivity contribution in [2.24, 2.45) is 11.8 Å². The van der Waals surface area contributed by atoms with Crippen molar-refractivity contribution in [3.63, 3.8) is 0 Å². The zero-order chi connectivity index (χ0) is 10.6. The Bertz CT molecular complexity index is 223. The van der Waals surface area contributed by atoms with Gasteiger partial charge in [-0.25, -0.2) is 0 Å². The molecule has 0 bridgehead atoms. The SMILES string of the molecule is COC(=O)[C@@H](C)C[C@@H]1CCCCC1=O. The molecule has 0 aliphatic heterocycles. The van der Waals surface area contributed by atoms with Crippen molar-refractivity contribution in [3.05, 3.63) is 0 Å². The molecule has 0 heterocycles. The van der Waals surface area contributed by atoms with Gasteiger partial charge in [0.1, 0.15) is 5.78 Å². The predicted octanol–water partition coefficient (Wildman–Crippen LogP) is 1.94. The van der Waals surface area contributed by atoms with E-state index < -0.39 is 0 Å². The average molecular weight is 198 g/mol. The molecule has 0 aromatic heterocycles. The third-order valence-corrected chi connectivity index (χ3v) is 2.92. The summed E-state index contributed by atoms with van der Waals surface area (Å²) in [7, 11) is 1.39. The molecule has 0 spiro atoms. The predicted molar refractivity (Wildman–Crippen MR) is 52.8 cm³/mol. The Morgan fingerprint density at radius 1 is 1.57 bits per heavy atom. The summed E-state index contributed by atoms with van der Waals surface area (Å²) in [5.41, 5.74) is 0. The van der Waals surface area contributed by atoms with Crippen LogP contribution in [0.5, 0.6) is 0 Å². The van der Waals surface area contributed by atoms with E-state index in [9.17, 15) is 9.59 Å². The maximum absolute atomic E-state index is 11.5. The maximum Gasteiger partial charge on any atom is 0.308 e. The van der Waals surface area contributed by atoms with Gasteiger partial charge >= 0.3 is 5.97 Å². The second-order valence-corrected chi connectivity index (χ2v) is 4.07. The normalized spacial score (nSPS) is 24.4. The molecule has 0 N–H and O–H groups in total. The van der Waals surface area contributed by atoms with Gasteiger partial charge in [-0.15, -0.1) is 0 Å². The van der Waals surface area contributed by atoms with Crippen LogP contribution in [-0.2, 0) is 14.3 Å². The summed E-state index contributed by atoms with van der Waals surface area (Å²) in [5.74, 6) is 0.0697. The quantitative estimate of drug-likeness (QED) is 0.651. The molecule has 3 heteroatoms. The molecule has 1 fully saturated rings. The number of ketones is 1. The highest BCUT2D eigenvalue weighted by Crippen LogP contribution is 2.26. The van der Waals surface area contributed by atoms with Gasteiger partial charge in [0.25, 0.3) is 0 Å². The number of carbonyl (C=O) groups excluding carboxylic acids is 2. The molecule has 3 nitrogen and oxygen atoms in total. The van der Waals surface area contributed by atoms with Crippen LogP contribution in [0, 0.1) is 11.8 Å². The number of methoxy groups -OCH3 is 1. The van der Waals surface area contributed by atoms with Crippen molar-refractivity contribution in [1.29, 1.82) is 0 Å². The Balaban J connectivity index is 2.42. The molecular weight excluding hydrogens is 180 g/mol. The molecule has 14 heavy (non-hydrogen) atoms. The summed E-state index contributed by atoms with van der Waals surface area (Å²) in [6.45, 7) is 1.83. The van der Waals surface area contributed by atoms with Crippen molar-refractivity contribution < 1.29 is 14.3 Å².